The summed E-state index contributed by atoms with van der Waals surface area (Å²) < 4.78 is 9.03. The number of hydrogen-bond acceptors (Lipinski definition) is 6. The third kappa shape index (κ3) is 2.98. The number of nitrogens with zero attached hydrogens (tertiary/aromatic N) is 4. The molecule has 0 unspecified atom stereocenters. The molecule has 4 heterocycles. The van der Waals surface area contributed by atoms with E-state index >= 15 is 0 Å². The number of fused-ring (bicyclic) bond motifs is 1. The average Bonchev–Trinajstić information content (AvgIpc) is 3.18. The lowest BCUT2D eigenvalue weighted by Gasteiger charge is -2.16. The molecule has 0 fully saturated rings. The molecule has 0 atom stereocenters. The number of anilines is 1. The van der Waals surface area contributed by atoms with Gasteiger partial charge in [-0.3, -0.25) is 5.32 Å². The Balaban J connectivity index is 1.68. The van der Waals surface area contributed by atoms with E-state index in [4.69, 9.17) is 19.8 Å². The smallest absolute Gasteiger partial charge is 0.410 e. The molecule has 2 N–H and O–H groups in total. The van der Waals surface area contributed by atoms with Gasteiger partial charge in [-0.1, -0.05) is 27.3 Å². The first kappa shape index (κ1) is 17.4. The first-order valence-electron chi connectivity index (χ1n) is 8.69. The number of aromatic nitrogens is 4. The Bertz CT molecular complexity index is 1240. The van der Waals surface area contributed by atoms with Crippen LogP contribution in [0, 0.1) is 0 Å². The number of imidazole rings is 1. The molecule has 3 aromatic heterocycles. The van der Waals surface area contributed by atoms with E-state index < -0.39 is 6.09 Å². The van der Waals surface area contributed by atoms with Gasteiger partial charge in [0.15, 0.2) is 11.0 Å². The second-order valence-electron chi connectivity index (χ2n) is 6.38. The van der Waals surface area contributed by atoms with Crippen molar-refractivity contribution >= 4 is 59.9 Å². The molecule has 10 heteroatoms. The van der Waals surface area contributed by atoms with Crippen LogP contribution in [-0.2, 0) is 6.54 Å². The number of amides is 1. The van der Waals surface area contributed by atoms with Crippen LogP contribution in [0.5, 0.6) is 5.75 Å². The van der Waals surface area contributed by atoms with Gasteiger partial charge >= 0.3 is 6.09 Å². The van der Waals surface area contributed by atoms with Gasteiger partial charge in [0.05, 0.1) is 12.1 Å². The van der Waals surface area contributed by atoms with Crippen LogP contribution in [0.25, 0.3) is 32.9 Å². The quantitative estimate of drug-likeness (QED) is 0.448. The molecule has 1 aliphatic rings. The van der Waals surface area contributed by atoms with Gasteiger partial charge in [-0.15, -0.1) is 0 Å². The van der Waals surface area contributed by atoms with Crippen molar-refractivity contribution in [2.45, 2.75) is 19.4 Å². The van der Waals surface area contributed by atoms with Crippen LogP contribution in [0.4, 0.5) is 9.93 Å². The summed E-state index contributed by atoms with van der Waals surface area (Å²) >= 11 is 4.73. The molecule has 0 saturated heterocycles. The summed E-state index contributed by atoms with van der Waals surface area (Å²) in [7, 11) is 0. The minimum absolute atomic E-state index is 0.301. The maximum absolute atomic E-state index is 10.8. The molecule has 0 saturated carbocycles. The summed E-state index contributed by atoms with van der Waals surface area (Å²) in [4.78, 5) is 25.3. The van der Waals surface area contributed by atoms with Crippen molar-refractivity contribution in [1.29, 1.82) is 0 Å². The zero-order valence-electron chi connectivity index (χ0n) is 14.5. The number of halogens is 1. The Hall–Kier alpha value is -2.72. The molecule has 142 valence electrons. The predicted octanol–water partition coefficient (Wildman–Crippen LogP) is 4.73. The van der Waals surface area contributed by atoms with Gasteiger partial charge in [-0.05, 0) is 37.1 Å². The van der Waals surface area contributed by atoms with Crippen LogP contribution in [0.3, 0.4) is 0 Å². The van der Waals surface area contributed by atoms with Crippen molar-refractivity contribution in [2.75, 3.05) is 11.9 Å². The number of rotatable bonds is 2. The zero-order valence-corrected chi connectivity index (χ0v) is 16.9. The molecule has 4 aromatic rings. The lowest BCUT2D eigenvalue weighted by molar-refractivity contribution is 0.209. The minimum atomic E-state index is -1.14. The highest BCUT2D eigenvalue weighted by atomic mass is 79.9. The van der Waals surface area contributed by atoms with E-state index in [1.54, 1.807) is 0 Å². The summed E-state index contributed by atoms with van der Waals surface area (Å²) in [6, 6.07) is 7.65. The molecule has 5 rings (SSSR count). The number of thiazole rings is 1. The number of carboxylic acid groups (broad SMARTS) is 1. The summed E-state index contributed by atoms with van der Waals surface area (Å²) in [5, 5.41) is 11.5. The third-order valence-corrected chi connectivity index (χ3v) is 5.84. The lowest BCUT2D eigenvalue weighted by atomic mass is 10.2. The normalized spacial score (nSPS) is 13.9. The van der Waals surface area contributed by atoms with Crippen LogP contribution in [0.2, 0.25) is 0 Å². The highest BCUT2D eigenvalue weighted by molar-refractivity contribution is 9.10. The number of carbonyl (C=O) groups is 1. The van der Waals surface area contributed by atoms with E-state index in [-0.39, 0.29) is 0 Å². The molecule has 28 heavy (non-hydrogen) atoms. The van der Waals surface area contributed by atoms with Crippen molar-refractivity contribution in [2.24, 2.45) is 0 Å². The van der Waals surface area contributed by atoms with Gasteiger partial charge in [0.1, 0.15) is 27.3 Å². The molecule has 0 bridgehead atoms. The molecule has 1 amide bonds. The highest BCUT2D eigenvalue weighted by Crippen LogP contribution is 2.36. The Morgan fingerprint density at radius 3 is 2.96 bits per heavy atom. The number of hydrogen-bond donors (Lipinski definition) is 2. The van der Waals surface area contributed by atoms with Crippen molar-refractivity contribution in [1.82, 2.24) is 19.5 Å². The second-order valence-corrected chi connectivity index (χ2v) is 8.28. The number of ether oxygens (including phenoxy) is 1. The molecule has 1 aliphatic heterocycles. The Kier molecular flexibility index (Phi) is 4.17. The van der Waals surface area contributed by atoms with Crippen molar-refractivity contribution in [3.63, 3.8) is 0 Å². The van der Waals surface area contributed by atoms with Gasteiger partial charge in [0, 0.05) is 11.0 Å². The highest BCUT2D eigenvalue weighted by Gasteiger charge is 2.20. The average molecular weight is 460 g/mol. The number of pyridine rings is 1. The van der Waals surface area contributed by atoms with Crippen LogP contribution < -0.4 is 10.1 Å². The molecular weight excluding hydrogens is 446 g/mol. The summed E-state index contributed by atoms with van der Waals surface area (Å²) in [6.45, 7) is 1.52. The molecule has 0 spiro atoms. The minimum Gasteiger partial charge on any atom is -0.491 e. The Morgan fingerprint density at radius 1 is 1.21 bits per heavy atom. The molecular formula is C18H14BrN5O3S. The van der Waals surface area contributed by atoms with Gasteiger partial charge < -0.3 is 14.4 Å². The Morgan fingerprint density at radius 2 is 2.11 bits per heavy atom. The van der Waals surface area contributed by atoms with Crippen molar-refractivity contribution in [3.8, 4) is 17.3 Å². The second kappa shape index (κ2) is 6.71. The largest absolute Gasteiger partial charge is 0.491 e. The number of aryl methyl sites for hydroxylation is 1. The number of nitrogens with one attached hydrogen (secondary N) is 1. The fraction of sp³-hybridized carbons (Fsp3) is 0.222. The zero-order chi connectivity index (χ0) is 19.3. The van der Waals surface area contributed by atoms with Crippen LogP contribution >= 0.6 is 27.3 Å². The van der Waals surface area contributed by atoms with Crippen LogP contribution in [-0.4, -0.2) is 37.3 Å². The third-order valence-electron chi connectivity index (χ3n) is 4.50. The Labute approximate surface area is 171 Å². The summed E-state index contributed by atoms with van der Waals surface area (Å²) in [5.74, 6) is 1.58. The first-order chi connectivity index (χ1) is 13.6. The van der Waals surface area contributed by atoms with E-state index in [1.807, 2.05) is 24.3 Å². The van der Waals surface area contributed by atoms with E-state index in [1.165, 1.54) is 11.3 Å². The van der Waals surface area contributed by atoms with E-state index in [0.29, 0.717) is 22.1 Å². The lowest BCUT2D eigenvalue weighted by Crippen LogP contribution is -2.09. The summed E-state index contributed by atoms with van der Waals surface area (Å²) in [5.41, 5.74) is 3.18. The molecule has 0 aliphatic carbocycles. The van der Waals surface area contributed by atoms with Gasteiger partial charge in [-0.2, -0.15) is 0 Å². The van der Waals surface area contributed by atoms with E-state index in [0.717, 1.165) is 52.2 Å². The fourth-order valence-corrected chi connectivity index (χ4v) is 4.61. The monoisotopic (exact) mass is 459 g/mol. The molecule has 8 nitrogen and oxygen atoms in total. The van der Waals surface area contributed by atoms with E-state index in [2.05, 4.69) is 30.8 Å². The van der Waals surface area contributed by atoms with E-state index in [9.17, 15) is 4.79 Å². The van der Waals surface area contributed by atoms with Crippen LogP contribution in [0.1, 0.15) is 12.8 Å². The van der Waals surface area contributed by atoms with Gasteiger partial charge in [0.25, 0.3) is 0 Å². The predicted molar refractivity (Wildman–Crippen MR) is 110 cm³/mol. The maximum Gasteiger partial charge on any atom is 0.410 e. The number of benzene rings is 1. The van der Waals surface area contributed by atoms with Crippen molar-refractivity contribution in [3.05, 3.63) is 28.7 Å². The fourth-order valence-electron chi connectivity index (χ4n) is 3.36. The first-order valence-corrected chi connectivity index (χ1v) is 10.3. The van der Waals surface area contributed by atoms with Gasteiger partial charge in [-0.25, -0.2) is 19.7 Å². The summed E-state index contributed by atoms with van der Waals surface area (Å²) in [6.07, 6.45) is 0.814. The van der Waals surface area contributed by atoms with Crippen molar-refractivity contribution < 1.29 is 14.6 Å². The maximum atomic E-state index is 10.8. The SMILES string of the molecule is O=C(O)Nc1nc2ccc(-c3nc4cc(Br)cc5c4n3CCCCO5)nc2s1. The molecule has 1 aromatic carbocycles. The topological polar surface area (TPSA) is 102 Å². The van der Waals surface area contributed by atoms with Gasteiger partial charge in [0.2, 0.25) is 0 Å². The standard InChI is InChI=1S/C18H14BrN5O3S/c19-9-7-12-14-13(8-9)27-6-2-1-5-24(14)15(20-12)10-3-4-11-16(21-10)28-17(22-11)23-18(25)26/h3-4,7-8H,1-2,5-6H2,(H,22,23)(H,25,26). The molecule has 0 radical (unpaired) electrons. The van der Waals surface area contributed by atoms with Crippen LogP contribution in [0.15, 0.2) is 28.7 Å².